The summed E-state index contributed by atoms with van der Waals surface area (Å²) in [6.45, 7) is 2.77. The van der Waals surface area contributed by atoms with E-state index in [1.807, 2.05) is 95.9 Å². The second-order valence-electron chi connectivity index (χ2n) is 11.6. The van der Waals surface area contributed by atoms with Crippen molar-refractivity contribution in [3.8, 4) is 0 Å². The van der Waals surface area contributed by atoms with Crippen molar-refractivity contribution in [2.45, 2.75) is 49.3 Å². The summed E-state index contributed by atoms with van der Waals surface area (Å²) in [5, 5.41) is 0. The van der Waals surface area contributed by atoms with Crippen LogP contribution < -0.4 is 0 Å². The molecule has 8 nitrogen and oxygen atoms in total. The van der Waals surface area contributed by atoms with Gasteiger partial charge in [-0.05, 0) is 29.5 Å². The van der Waals surface area contributed by atoms with Crippen LogP contribution in [0.15, 0.2) is 91.0 Å². The van der Waals surface area contributed by atoms with Gasteiger partial charge in [-0.1, -0.05) is 91.0 Å². The van der Waals surface area contributed by atoms with Gasteiger partial charge < -0.3 is 14.4 Å². The zero-order chi connectivity index (χ0) is 29.1. The minimum atomic E-state index is -0.671. The van der Waals surface area contributed by atoms with Gasteiger partial charge in [0.25, 0.3) is 0 Å². The highest BCUT2D eigenvalue weighted by molar-refractivity contribution is 5.91. The largest absolute Gasteiger partial charge is 0.467 e. The van der Waals surface area contributed by atoms with E-state index in [-0.39, 0.29) is 23.6 Å². The molecule has 0 aliphatic carbocycles. The molecule has 3 aromatic carbocycles. The summed E-state index contributed by atoms with van der Waals surface area (Å²) in [5.41, 5.74) is 2.49. The van der Waals surface area contributed by atoms with Crippen LogP contribution in [0, 0.1) is 0 Å². The lowest BCUT2D eigenvalue weighted by Gasteiger charge is -2.44. The minimum absolute atomic E-state index is 0.0267. The van der Waals surface area contributed by atoms with Gasteiger partial charge in [-0.15, -0.1) is 0 Å². The molecule has 0 N–H and O–H groups in total. The summed E-state index contributed by atoms with van der Waals surface area (Å²) < 4.78 is 10.7. The third-order valence-electron chi connectivity index (χ3n) is 9.20. The Kier molecular flexibility index (Phi) is 7.98. The summed E-state index contributed by atoms with van der Waals surface area (Å²) in [5.74, 6) is -1.03. The first kappa shape index (κ1) is 28.0. The Balaban J connectivity index is 1.25. The molecule has 3 fully saturated rings. The monoisotopic (exact) mass is 567 g/mol. The molecule has 3 saturated heterocycles. The van der Waals surface area contributed by atoms with E-state index in [1.165, 1.54) is 7.11 Å². The first-order valence-corrected chi connectivity index (χ1v) is 14.7. The Hall–Kier alpha value is -4.17. The van der Waals surface area contributed by atoms with Crippen molar-refractivity contribution in [3.63, 3.8) is 0 Å². The quantitative estimate of drug-likeness (QED) is 0.393. The van der Waals surface area contributed by atoms with Crippen LogP contribution in [0.4, 0.5) is 4.79 Å². The molecule has 3 aliphatic heterocycles. The van der Waals surface area contributed by atoms with E-state index in [0.29, 0.717) is 32.7 Å². The number of cyclic esters (lactones) is 1. The second-order valence-corrected chi connectivity index (χ2v) is 11.6. The van der Waals surface area contributed by atoms with Crippen LogP contribution in [-0.2, 0) is 25.6 Å². The molecule has 2 amide bonds. The van der Waals surface area contributed by atoms with Gasteiger partial charge in [0.15, 0.2) is 0 Å². The molecular weight excluding hydrogens is 530 g/mol. The molecule has 8 heteroatoms. The van der Waals surface area contributed by atoms with Crippen LogP contribution in [-0.4, -0.2) is 83.6 Å². The van der Waals surface area contributed by atoms with Crippen molar-refractivity contribution >= 4 is 18.0 Å². The number of carbonyl (C=O) groups excluding carboxylic acids is 3. The van der Waals surface area contributed by atoms with Gasteiger partial charge in [0.05, 0.1) is 25.2 Å². The number of methoxy groups -OCH3 is 1. The Bertz CT molecular complexity index is 1360. The van der Waals surface area contributed by atoms with E-state index in [2.05, 4.69) is 4.90 Å². The molecule has 1 spiro atoms. The molecule has 218 valence electrons. The van der Waals surface area contributed by atoms with E-state index in [1.54, 1.807) is 4.90 Å². The number of rotatable bonds is 7. The maximum Gasteiger partial charge on any atom is 0.410 e. The van der Waals surface area contributed by atoms with Crippen molar-refractivity contribution in [2.24, 2.45) is 0 Å². The SMILES string of the molecule is COC(=O)[C@@H]1C[C@H](N2CCC3(CCOC(=O)N3Cc3ccccc3)C2)CN1C(=O)C(c1ccccc1)c1ccccc1. The molecule has 0 aromatic heterocycles. The molecule has 3 heterocycles. The van der Waals surface area contributed by atoms with Crippen molar-refractivity contribution in [1.82, 2.24) is 14.7 Å². The summed E-state index contributed by atoms with van der Waals surface area (Å²) in [6, 6.07) is 28.7. The molecule has 1 unspecified atom stereocenters. The molecule has 6 rings (SSSR count). The normalized spacial score (nSPS) is 24.3. The number of benzene rings is 3. The lowest BCUT2D eigenvalue weighted by atomic mass is 9.90. The Morgan fingerprint density at radius 3 is 2.17 bits per heavy atom. The maximum absolute atomic E-state index is 14.4. The van der Waals surface area contributed by atoms with Gasteiger partial charge in [-0.2, -0.15) is 0 Å². The number of likely N-dealkylation sites (tertiary alicyclic amines) is 2. The van der Waals surface area contributed by atoms with E-state index in [4.69, 9.17) is 9.47 Å². The number of nitrogens with zero attached hydrogens (tertiary/aromatic N) is 3. The fraction of sp³-hybridized carbons (Fsp3) is 0.382. The fourth-order valence-corrected chi connectivity index (χ4v) is 6.97. The second kappa shape index (κ2) is 12.0. The highest BCUT2D eigenvalue weighted by Gasteiger charge is 2.52. The molecule has 0 bridgehead atoms. The first-order chi connectivity index (χ1) is 20.5. The molecule has 3 aromatic rings. The van der Waals surface area contributed by atoms with Gasteiger partial charge >= 0.3 is 12.1 Å². The van der Waals surface area contributed by atoms with Crippen LogP contribution in [0.5, 0.6) is 0 Å². The van der Waals surface area contributed by atoms with Crippen molar-refractivity contribution in [3.05, 3.63) is 108 Å². The Labute approximate surface area is 246 Å². The van der Waals surface area contributed by atoms with Gasteiger partial charge in [0.2, 0.25) is 5.91 Å². The highest BCUT2D eigenvalue weighted by atomic mass is 16.6. The van der Waals surface area contributed by atoms with E-state index < -0.39 is 17.9 Å². The zero-order valence-corrected chi connectivity index (χ0v) is 23.9. The van der Waals surface area contributed by atoms with E-state index >= 15 is 0 Å². The summed E-state index contributed by atoms with van der Waals surface area (Å²) in [7, 11) is 1.38. The van der Waals surface area contributed by atoms with Crippen LogP contribution in [0.1, 0.15) is 41.9 Å². The van der Waals surface area contributed by atoms with Gasteiger partial charge in [0, 0.05) is 38.6 Å². The lowest BCUT2D eigenvalue weighted by Crippen LogP contribution is -2.57. The van der Waals surface area contributed by atoms with Crippen molar-refractivity contribution in [1.29, 1.82) is 0 Å². The molecule has 3 aliphatic rings. The standard InChI is InChI=1S/C34H37N3O5/c1-41-32(39)29-21-28(23-36(29)31(38)30(26-13-7-3-8-14-26)27-15-9-4-10-16-27)35-19-17-34(24-35)18-20-42-33(40)37(34)22-25-11-5-2-6-12-25/h2-16,28-30H,17-24H2,1H3/t28-,29-,34?/m0/s1. The average molecular weight is 568 g/mol. The predicted octanol–water partition coefficient (Wildman–Crippen LogP) is 4.45. The molecular formula is C34H37N3O5. The smallest absolute Gasteiger partial charge is 0.410 e. The van der Waals surface area contributed by atoms with Crippen LogP contribution >= 0.6 is 0 Å². The predicted molar refractivity (Wildman–Crippen MR) is 158 cm³/mol. The Morgan fingerprint density at radius 1 is 0.929 bits per heavy atom. The lowest BCUT2D eigenvalue weighted by molar-refractivity contribution is -0.151. The number of esters is 1. The topological polar surface area (TPSA) is 79.4 Å². The molecule has 0 saturated carbocycles. The van der Waals surface area contributed by atoms with Gasteiger partial charge in [-0.3, -0.25) is 14.6 Å². The minimum Gasteiger partial charge on any atom is -0.467 e. The third-order valence-corrected chi connectivity index (χ3v) is 9.20. The maximum atomic E-state index is 14.4. The fourth-order valence-electron chi connectivity index (χ4n) is 6.97. The summed E-state index contributed by atoms with van der Waals surface area (Å²) >= 11 is 0. The van der Waals surface area contributed by atoms with E-state index in [0.717, 1.165) is 36.1 Å². The van der Waals surface area contributed by atoms with Crippen molar-refractivity contribution < 1.29 is 23.9 Å². The number of hydrogen-bond donors (Lipinski definition) is 0. The van der Waals surface area contributed by atoms with E-state index in [9.17, 15) is 14.4 Å². The van der Waals surface area contributed by atoms with Crippen LogP contribution in [0.2, 0.25) is 0 Å². The van der Waals surface area contributed by atoms with Crippen LogP contribution in [0.3, 0.4) is 0 Å². The number of carbonyl (C=O) groups is 3. The summed E-state index contributed by atoms with van der Waals surface area (Å²) in [6.07, 6.45) is 1.78. The molecule has 3 atom stereocenters. The molecule has 42 heavy (non-hydrogen) atoms. The van der Waals surface area contributed by atoms with Gasteiger partial charge in [0.1, 0.15) is 6.04 Å². The van der Waals surface area contributed by atoms with Crippen molar-refractivity contribution in [2.75, 3.05) is 33.4 Å². The van der Waals surface area contributed by atoms with Gasteiger partial charge in [-0.25, -0.2) is 9.59 Å². The Morgan fingerprint density at radius 2 is 1.55 bits per heavy atom. The number of ether oxygens (including phenoxy) is 2. The number of amides is 2. The number of hydrogen-bond acceptors (Lipinski definition) is 6. The van der Waals surface area contributed by atoms with Crippen LogP contribution in [0.25, 0.3) is 0 Å². The zero-order valence-electron chi connectivity index (χ0n) is 23.9. The average Bonchev–Trinajstić information content (AvgIpc) is 3.66. The summed E-state index contributed by atoms with van der Waals surface area (Å²) in [4.78, 5) is 46.4. The molecule has 0 radical (unpaired) electrons. The third kappa shape index (κ3) is 5.39. The highest BCUT2D eigenvalue weighted by Crippen LogP contribution is 2.39. The first-order valence-electron chi connectivity index (χ1n) is 14.7.